The lowest BCUT2D eigenvalue weighted by molar-refractivity contribution is 0.372. The summed E-state index contributed by atoms with van der Waals surface area (Å²) in [4.78, 5) is 4.44. The fourth-order valence-electron chi connectivity index (χ4n) is 2.21. The minimum absolute atomic E-state index is 0.132. The highest BCUT2D eigenvalue weighted by molar-refractivity contribution is 7.98. The van der Waals surface area contributed by atoms with E-state index in [1.54, 1.807) is 4.68 Å². The highest BCUT2D eigenvalue weighted by Crippen LogP contribution is 2.25. The molecule has 0 aliphatic carbocycles. The molecule has 0 bridgehead atoms. The monoisotopic (exact) mass is 344 g/mol. The Kier molecular flexibility index (Phi) is 4.40. The molecular formula is C16H20N6OS. The zero-order chi connectivity index (χ0) is 17.3. The summed E-state index contributed by atoms with van der Waals surface area (Å²) in [6.07, 6.45) is 0. The normalized spacial score (nSPS) is 11.9. The van der Waals surface area contributed by atoms with Crippen molar-refractivity contribution in [3.63, 3.8) is 0 Å². The predicted molar refractivity (Wildman–Crippen MR) is 91.2 cm³/mol. The highest BCUT2D eigenvalue weighted by atomic mass is 32.2. The summed E-state index contributed by atoms with van der Waals surface area (Å²) in [5.41, 5.74) is 3.16. The first-order chi connectivity index (χ1) is 11.3. The van der Waals surface area contributed by atoms with Crippen molar-refractivity contribution in [2.75, 3.05) is 0 Å². The van der Waals surface area contributed by atoms with Gasteiger partial charge in [0.05, 0.1) is 11.4 Å². The summed E-state index contributed by atoms with van der Waals surface area (Å²) >= 11 is 1.47. The first-order valence-corrected chi connectivity index (χ1v) is 8.65. The number of benzene rings is 1. The van der Waals surface area contributed by atoms with E-state index in [1.165, 1.54) is 17.3 Å². The van der Waals surface area contributed by atoms with Crippen molar-refractivity contribution in [1.29, 1.82) is 0 Å². The predicted octanol–water partition coefficient (Wildman–Crippen LogP) is 3.25. The first-order valence-electron chi connectivity index (χ1n) is 7.66. The zero-order valence-electron chi connectivity index (χ0n) is 14.4. The Balaban J connectivity index is 1.78. The van der Waals surface area contributed by atoms with Gasteiger partial charge in [-0.2, -0.15) is 9.67 Å². The minimum atomic E-state index is -0.132. The minimum Gasteiger partial charge on any atom is -0.338 e. The molecule has 0 aliphatic rings. The van der Waals surface area contributed by atoms with E-state index in [0.717, 1.165) is 11.3 Å². The van der Waals surface area contributed by atoms with Crippen LogP contribution in [0.15, 0.2) is 27.9 Å². The van der Waals surface area contributed by atoms with E-state index in [2.05, 4.69) is 59.4 Å². The number of hydrogen-bond donors (Lipinski definition) is 0. The van der Waals surface area contributed by atoms with E-state index < -0.39 is 0 Å². The van der Waals surface area contributed by atoms with Crippen LogP contribution in [0.2, 0.25) is 0 Å². The van der Waals surface area contributed by atoms with Gasteiger partial charge >= 0.3 is 0 Å². The molecule has 0 radical (unpaired) electrons. The summed E-state index contributed by atoms with van der Waals surface area (Å²) in [6.45, 7) is 10.3. The zero-order valence-corrected chi connectivity index (χ0v) is 15.3. The smallest absolute Gasteiger partial charge is 0.237 e. The quantitative estimate of drug-likeness (QED) is 0.672. The molecule has 7 nitrogen and oxygen atoms in total. The number of hydrogen-bond acceptors (Lipinski definition) is 7. The Morgan fingerprint density at radius 2 is 2.00 bits per heavy atom. The molecule has 24 heavy (non-hydrogen) atoms. The van der Waals surface area contributed by atoms with Crippen LogP contribution in [0.4, 0.5) is 0 Å². The molecule has 0 fully saturated rings. The molecule has 0 saturated heterocycles. The lowest BCUT2D eigenvalue weighted by atomic mass is 9.96. The van der Waals surface area contributed by atoms with Crippen molar-refractivity contribution in [3.8, 4) is 5.69 Å². The van der Waals surface area contributed by atoms with Crippen molar-refractivity contribution >= 4 is 11.8 Å². The molecule has 8 heteroatoms. The molecule has 2 aromatic heterocycles. The molecule has 0 N–H and O–H groups in total. The molecule has 126 valence electrons. The maximum absolute atomic E-state index is 5.31. The van der Waals surface area contributed by atoms with Crippen LogP contribution in [-0.2, 0) is 11.2 Å². The van der Waals surface area contributed by atoms with Crippen LogP contribution in [0, 0.1) is 13.8 Å². The van der Waals surface area contributed by atoms with Gasteiger partial charge in [0.25, 0.3) is 0 Å². The first kappa shape index (κ1) is 16.6. The van der Waals surface area contributed by atoms with Gasteiger partial charge in [0.15, 0.2) is 5.82 Å². The summed E-state index contributed by atoms with van der Waals surface area (Å²) in [6, 6.07) is 6.18. The van der Waals surface area contributed by atoms with Gasteiger partial charge in [0.2, 0.25) is 11.0 Å². The second-order valence-corrected chi connectivity index (χ2v) is 7.66. The Morgan fingerprint density at radius 3 is 2.67 bits per heavy atom. The third-order valence-corrected chi connectivity index (χ3v) is 4.39. The van der Waals surface area contributed by atoms with E-state index in [1.807, 2.05) is 19.1 Å². The molecule has 1 aromatic carbocycles. The average Bonchev–Trinajstić information content (AvgIpc) is 3.13. The Morgan fingerprint density at radius 1 is 1.21 bits per heavy atom. The molecular weight excluding hydrogens is 324 g/mol. The largest absolute Gasteiger partial charge is 0.338 e. The Hall–Kier alpha value is -2.22. The van der Waals surface area contributed by atoms with Gasteiger partial charge in [0.1, 0.15) is 0 Å². The van der Waals surface area contributed by atoms with E-state index in [0.29, 0.717) is 22.6 Å². The van der Waals surface area contributed by atoms with Gasteiger partial charge in [0, 0.05) is 5.41 Å². The molecule has 0 spiro atoms. The topological polar surface area (TPSA) is 82.5 Å². The molecule has 0 amide bonds. The number of tetrazole rings is 1. The van der Waals surface area contributed by atoms with Crippen LogP contribution >= 0.6 is 11.8 Å². The van der Waals surface area contributed by atoms with Crippen LogP contribution in [0.5, 0.6) is 0 Å². The van der Waals surface area contributed by atoms with Crippen LogP contribution < -0.4 is 0 Å². The van der Waals surface area contributed by atoms with Gasteiger partial charge in [-0.3, -0.25) is 0 Å². The number of rotatable bonds is 4. The van der Waals surface area contributed by atoms with Gasteiger partial charge in [-0.25, -0.2) is 0 Å². The van der Waals surface area contributed by atoms with Crippen molar-refractivity contribution in [2.45, 2.75) is 50.9 Å². The number of aromatic nitrogens is 6. The van der Waals surface area contributed by atoms with Crippen molar-refractivity contribution in [3.05, 3.63) is 41.0 Å². The fraction of sp³-hybridized carbons (Fsp3) is 0.438. The lowest BCUT2D eigenvalue weighted by Gasteiger charge is -2.10. The summed E-state index contributed by atoms with van der Waals surface area (Å²) < 4.78 is 7.05. The van der Waals surface area contributed by atoms with E-state index >= 15 is 0 Å². The molecule has 2 heterocycles. The molecule has 0 saturated carbocycles. The van der Waals surface area contributed by atoms with E-state index in [9.17, 15) is 0 Å². The van der Waals surface area contributed by atoms with E-state index in [4.69, 9.17) is 4.52 Å². The van der Waals surface area contributed by atoms with Crippen molar-refractivity contribution in [1.82, 2.24) is 30.3 Å². The highest BCUT2D eigenvalue weighted by Gasteiger charge is 2.21. The van der Waals surface area contributed by atoms with Crippen LogP contribution in [0.3, 0.4) is 0 Å². The fourth-order valence-corrected chi connectivity index (χ4v) is 2.93. The van der Waals surface area contributed by atoms with Gasteiger partial charge in [-0.15, -0.1) is 5.10 Å². The molecule has 0 aliphatic heterocycles. The number of aryl methyl sites for hydroxylation is 2. The number of nitrogens with zero attached hydrogens (tertiary/aromatic N) is 6. The Bertz CT molecular complexity index is 848. The molecule has 0 atom stereocenters. The third kappa shape index (κ3) is 3.48. The van der Waals surface area contributed by atoms with Crippen molar-refractivity contribution in [2.24, 2.45) is 0 Å². The maximum atomic E-state index is 5.31. The second kappa shape index (κ2) is 6.35. The van der Waals surface area contributed by atoms with Crippen molar-refractivity contribution < 1.29 is 4.52 Å². The third-order valence-electron chi connectivity index (χ3n) is 3.49. The van der Waals surface area contributed by atoms with Crippen LogP contribution in [0.1, 0.15) is 43.6 Å². The second-order valence-electron chi connectivity index (χ2n) is 6.71. The standard InChI is InChI=1S/C16H20N6OS/c1-10-6-7-12(11(2)8-10)22-15(18-20-21-22)24-9-13-17-14(19-23-13)16(3,4)5/h6-8H,9H2,1-5H3. The van der Waals surface area contributed by atoms with Gasteiger partial charge in [-0.1, -0.05) is 55.4 Å². The summed E-state index contributed by atoms with van der Waals surface area (Å²) in [5.74, 6) is 1.79. The summed E-state index contributed by atoms with van der Waals surface area (Å²) in [5, 5.41) is 16.7. The maximum Gasteiger partial charge on any atom is 0.237 e. The lowest BCUT2D eigenvalue weighted by Crippen LogP contribution is -2.13. The van der Waals surface area contributed by atoms with Crippen LogP contribution in [-0.4, -0.2) is 30.3 Å². The number of thioether (sulfide) groups is 1. The molecule has 3 aromatic rings. The average molecular weight is 344 g/mol. The summed E-state index contributed by atoms with van der Waals surface area (Å²) in [7, 11) is 0. The Labute approximate surface area is 144 Å². The van der Waals surface area contributed by atoms with Crippen LogP contribution in [0.25, 0.3) is 5.69 Å². The van der Waals surface area contributed by atoms with E-state index in [-0.39, 0.29) is 5.41 Å². The van der Waals surface area contributed by atoms with Gasteiger partial charge < -0.3 is 4.52 Å². The molecule has 3 rings (SSSR count). The molecule has 0 unspecified atom stereocenters. The van der Waals surface area contributed by atoms with Gasteiger partial charge in [-0.05, 0) is 35.9 Å². The SMILES string of the molecule is Cc1ccc(-n2nnnc2SCc2nc(C(C)(C)C)no2)c(C)c1.